The Kier molecular flexibility index (Phi) is 4.73. The lowest BCUT2D eigenvalue weighted by molar-refractivity contribution is -0.132. The molecule has 0 amide bonds. The van der Waals surface area contributed by atoms with Crippen LogP contribution in [0, 0.1) is 11.3 Å². The average Bonchev–Trinajstić information content (AvgIpc) is 2.30. The van der Waals surface area contributed by atoms with Gasteiger partial charge in [-0.15, -0.1) is 0 Å². The highest BCUT2D eigenvalue weighted by Gasteiger charge is 2.04. The zero-order chi connectivity index (χ0) is 12.8. The molecule has 0 radical (unpaired) electrons. The van der Waals surface area contributed by atoms with E-state index in [-0.39, 0.29) is 12.2 Å². The molecule has 17 heavy (non-hydrogen) atoms. The number of hydrogen-bond acceptors (Lipinski definition) is 3. The summed E-state index contributed by atoms with van der Waals surface area (Å²) in [6.07, 6.45) is 1.45. The Morgan fingerprint density at radius 1 is 1.65 bits per heavy atom. The van der Waals surface area contributed by atoms with E-state index >= 15 is 0 Å². The molecule has 0 saturated carbocycles. The molecule has 0 bridgehead atoms. The van der Waals surface area contributed by atoms with E-state index in [1.165, 1.54) is 13.0 Å². The Morgan fingerprint density at radius 2 is 2.35 bits per heavy atom. The van der Waals surface area contributed by atoms with E-state index in [0.29, 0.717) is 11.3 Å². The highest BCUT2D eigenvalue weighted by Crippen LogP contribution is 2.22. The van der Waals surface area contributed by atoms with Crippen molar-refractivity contribution < 1.29 is 14.6 Å². The predicted molar refractivity (Wildman–Crippen MR) is 65.7 cm³/mol. The summed E-state index contributed by atoms with van der Waals surface area (Å²) >= 11 is 3.25. The van der Waals surface area contributed by atoms with Crippen LogP contribution in [0.15, 0.2) is 34.3 Å². The van der Waals surface area contributed by atoms with Crippen LogP contribution in [0.2, 0.25) is 0 Å². The van der Waals surface area contributed by atoms with Crippen LogP contribution in [0.25, 0.3) is 0 Å². The Balaban J connectivity index is 2.74. The van der Waals surface area contributed by atoms with Crippen molar-refractivity contribution in [1.82, 2.24) is 0 Å². The first kappa shape index (κ1) is 13.3. The van der Waals surface area contributed by atoms with Crippen molar-refractivity contribution in [2.24, 2.45) is 0 Å². The van der Waals surface area contributed by atoms with E-state index in [4.69, 9.17) is 15.1 Å². The number of nitrogens with zero attached hydrogens (tertiary/aromatic N) is 1. The van der Waals surface area contributed by atoms with Gasteiger partial charge < -0.3 is 9.84 Å². The van der Waals surface area contributed by atoms with Gasteiger partial charge in [-0.2, -0.15) is 5.26 Å². The van der Waals surface area contributed by atoms with Gasteiger partial charge in [0.2, 0.25) is 0 Å². The van der Waals surface area contributed by atoms with Crippen molar-refractivity contribution in [2.75, 3.05) is 6.61 Å². The minimum absolute atomic E-state index is 0.119. The lowest BCUT2D eigenvalue weighted by atomic mass is 10.2. The minimum Gasteiger partial charge on any atom is -0.488 e. The number of carbonyl (C=O) groups is 1. The number of benzene rings is 1. The summed E-state index contributed by atoms with van der Waals surface area (Å²) in [7, 11) is 0. The SMILES string of the molecule is C/C(=C/COc1ccc(Br)cc1C#N)C(=O)O. The van der Waals surface area contributed by atoms with E-state index in [9.17, 15) is 4.79 Å². The van der Waals surface area contributed by atoms with Gasteiger partial charge in [0.1, 0.15) is 18.4 Å². The summed E-state index contributed by atoms with van der Waals surface area (Å²) in [4.78, 5) is 10.5. The lowest BCUT2D eigenvalue weighted by Crippen LogP contribution is -2.01. The molecule has 0 aliphatic rings. The molecule has 4 nitrogen and oxygen atoms in total. The second-order valence-electron chi connectivity index (χ2n) is 3.26. The number of ether oxygens (including phenoxy) is 1. The van der Waals surface area contributed by atoms with Crippen LogP contribution in [0.1, 0.15) is 12.5 Å². The van der Waals surface area contributed by atoms with Gasteiger partial charge in [0, 0.05) is 10.0 Å². The van der Waals surface area contributed by atoms with Gasteiger partial charge in [0.15, 0.2) is 0 Å². The van der Waals surface area contributed by atoms with E-state index in [1.54, 1.807) is 18.2 Å². The van der Waals surface area contributed by atoms with Crippen LogP contribution in [0.3, 0.4) is 0 Å². The second kappa shape index (κ2) is 6.06. The van der Waals surface area contributed by atoms with E-state index < -0.39 is 5.97 Å². The third kappa shape index (κ3) is 3.93. The monoisotopic (exact) mass is 295 g/mol. The van der Waals surface area contributed by atoms with Crippen molar-refractivity contribution in [2.45, 2.75) is 6.92 Å². The van der Waals surface area contributed by atoms with E-state index in [2.05, 4.69) is 15.9 Å². The molecule has 1 rings (SSSR count). The number of carboxylic acid groups (broad SMARTS) is 1. The number of halogens is 1. The third-order valence-corrected chi connectivity index (χ3v) is 2.52. The number of rotatable bonds is 4. The fourth-order valence-corrected chi connectivity index (χ4v) is 1.42. The molecular formula is C12H10BrNO3. The van der Waals surface area contributed by atoms with Crippen LogP contribution < -0.4 is 4.74 Å². The molecule has 0 aromatic heterocycles. The van der Waals surface area contributed by atoms with Crippen molar-refractivity contribution >= 4 is 21.9 Å². The molecule has 0 spiro atoms. The molecule has 0 aliphatic heterocycles. The van der Waals surface area contributed by atoms with Crippen LogP contribution in [-0.4, -0.2) is 17.7 Å². The first-order chi connectivity index (χ1) is 8.04. The molecule has 5 heteroatoms. The van der Waals surface area contributed by atoms with E-state index in [0.717, 1.165) is 4.47 Å². The zero-order valence-electron chi connectivity index (χ0n) is 9.11. The number of carboxylic acids is 1. The maximum atomic E-state index is 10.5. The minimum atomic E-state index is -0.982. The summed E-state index contributed by atoms with van der Waals surface area (Å²) in [6, 6.07) is 7.06. The van der Waals surface area contributed by atoms with Crippen molar-refractivity contribution in [3.63, 3.8) is 0 Å². The largest absolute Gasteiger partial charge is 0.488 e. The maximum absolute atomic E-state index is 10.5. The van der Waals surface area contributed by atoms with E-state index in [1.807, 2.05) is 6.07 Å². The molecule has 0 heterocycles. The Bertz CT molecular complexity index is 503. The van der Waals surface area contributed by atoms with Gasteiger partial charge in [-0.05, 0) is 31.2 Å². The molecule has 1 N–H and O–H groups in total. The molecule has 0 fully saturated rings. The molecule has 1 aromatic carbocycles. The number of hydrogen-bond donors (Lipinski definition) is 1. The fourth-order valence-electron chi connectivity index (χ4n) is 1.06. The zero-order valence-corrected chi connectivity index (χ0v) is 10.7. The first-order valence-corrected chi connectivity index (χ1v) is 5.56. The van der Waals surface area contributed by atoms with Crippen molar-refractivity contribution in [3.8, 4) is 11.8 Å². The highest BCUT2D eigenvalue weighted by atomic mass is 79.9. The fraction of sp³-hybridized carbons (Fsp3) is 0.167. The number of aliphatic carboxylic acids is 1. The van der Waals surface area contributed by atoms with Gasteiger partial charge in [-0.25, -0.2) is 4.79 Å². The normalized spacial score (nSPS) is 10.8. The molecule has 88 valence electrons. The highest BCUT2D eigenvalue weighted by molar-refractivity contribution is 9.10. The smallest absolute Gasteiger partial charge is 0.331 e. The van der Waals surface area contributed by atoms with Gasteiger partial charge in [-0.3, -0.25) is 0 Å². The molecule has 0 aliphatic carbocycles. The van der Waals surface area contributed by atoms with Gasteiger partial charge in [0.25, 0.3) is 0 Å². The Labute approximate surface area is 107 Å². The van der Waals surface area contributed by atoms with Gasteiger partial charge in [0.05, 0.1) is 5.56 Å². The summed E-state index contributed by atoms with van der Waals surface area (Å²) in [5.41, 5.74) is 0.612. The van der Waals surface area contributed by atoms with Crippen molar-refractivity contribution in [3.05, 3.63) is 39.9 Å². The Hall–Kier alpha value is -1.80. The summed E-state index contributed by atoms with van der Waals surface area (Å²) in [5.74, 6) is -0.546. The van der Waals surface area contributed by atoms with Crippen LogP contribution >= 0.6 is 15.9 Å². The quantitative estimate of drug-likeness (QED) is 0.867. The summed E-state index contributed by atoms with van der Waals surface area (Å²) in [5, 5.41) is 17.5. The van der Waals surface area contributed by atoms with Crippen LogP contribution in [0.5, 0.6) is 5.75 Å². The second-order valence-corrected chi connectivity index (χ2v) is 4.17. The number of nitriles is 1. The molecule has 0 saturated heterocycles. The maximum Gasteiger partial charge on any atom is 0.331 e. The van der Waals surface area contributed by atoms with Crippen LogP contribution in [-0.2, 0) is 4.79 Å². The van der Waals surface area contributed by atoms with Gasteiger partial charge >= 0.3 is 5.97 Å². The predicted octanol–water partition coefficient (Wildman–Crippen LogP) is 2.73. The third-order valence-electron chi connectivity index (χ3n) is 2.03. The summed E-state index contributed by atoms with van der Waals surface area (Å²) < 4.78 is 6.11. The van der Waals surface area contributed by atoms with Gasteiger partial charge in [-0.1, -0.05) is 15.9 Å². The molecule has 0 atom stereocenters. The van der Waals surface area contributed by atoms with Crippen molar-refractivity contribution in [1.29, 1.82) is 5.26 Å². The standard InChI is InChI=1S/C12H10BrNO3/c1-8(12(15)16)4-5-17-11-3-2-10(13)6-9(11)7-14/h2-4,6H,5H2,1H3,(H,15,16)/b8-4-. The van der Waals surface area contributed by atoms with Crippen LogP contribution in [0.4, 0.5) is 0 Å². The molecular weight excluding hydrogens is 286 g/mol. The molecule has 0 unspecified atom stereocenters. The molecule has 1 aromatic rings. The lowest BCUT2D eigenvalue weighted by Gasteiger charge is -2.05. The first-order valence-electron chi connectivity index (χ1n) is 4.77. The summed E-state index contributed by atoms with van der Waals surface area (Å²) in [6.45, 7) is 1.60. The topological polar surface area (TPSA) is 70.3 Å². The average molecular weight is 296 g/mol. The Morgan fingerprint density at radius 3 is 2.94 bits per heavy atom.